The number of aromatic nitrogens is 3. The quantitative estimate of drug-likeness (QED) is 0.909. The van der Waals surface area contributed by atoms with Crippen LogP contribution in [-0.2, 0) is 6.42 Å². The molecule has 2 aromatic heterocycles. The lowest BCUT2D eigenvalue weighted by Gasteiger charge is -2.30. The highest BCUT2D eigenvalue weighted by Gasteiger charge is 2.20. The number of pyridine rings is 1. The number of hydrogen-bond donors (Lipinski definition) is 1. The molecule has 0 aromatic carbocycles. The van der Waals surface area contributed by atoms with Gasteiger partial charge in [-0.1, -0.05) is 6.92 Å². The molecule has 102 valence electrons. The van der Waals surface area contributed by atoms with Gasteiger partial charge in [0.05, 0.1) is 5.69 Å². The standard InChI is InChI=1S/C14H21N5/c1-2-18-8-5-11(6-9-18)10-13-16-14-12(15)4-3-7-19(14)17-13/h3-4,7,11H,2,5-6,8-10,15H2,1H3. The van der Waals surface area contributed by atoms with Gasteiger partial charge in [-0.15, -0.1) is 0 Å². The molecular formula is C14H21N5. The number of anilines is 1. The lowest BCUT2D eigenvalue weighted by atomic mass is 9.93. The van der Waals surface area contributed by atoms with Crippen molar-refractivity contribution in [1.29, 1.82) is 0 Å². The number of nitrogen functional groups attached to an aromatic ring is 1. The highest BCUT2D eigenvalue weighted by Crippen LogP contribution is 2.21. The summed E-state index contributed by atoms with van der Waals surface area (Å²) in [6.45, 7) is 5.80. The Morgan fingerprint density at radius 2 is 2.16 bits per heavy atom. The highest BCUT2D eigenvalue weighted by molar-refractivity contribution is 5.63. The van der Waals surface area contributed by atoms with Gasteiger partial charge in [-0.05, 0) is 50.5 Å². The number of nitrogens with two attached hydrogens (primary N) is 1. The Labute approximate surface area is 113 Å². The minimum Gasteiger partial charge on any atom is -0.396 e. The van der Waals surface area contributed by atoms with E-state index in [0.717, 1.165) is 24.4 Å². The number of fused-ring (bicyclic) bond motifs is 1. The zero-order valence-corrected chi connectivity index (χ0v) is 11.4. The van der Waals surface area contributed by atoms with Crippen molar-refractivity contribution in [2.45, 2.75) is 26.2 Å². The van der Waals surface area contributed by atoms with Crippen molar-refractivity contribution in [3.63, 3.8) is 0 Å². The van der Waals surface area contributed by atoms with Gasteiger partial charge in [0, 0.05) is 12.6 Å². The topological polar surface area (TPSA) is 59.5 Å². The predicted molar refractivity (Wildman–Crippen MR) is 75.9 cm³/mol. The second-order valence-electron chi connectivity index (χ2n) is 5.34. The summed E-state index contributed by atoms with van der Waals surface area (Å²) >= 11 is 0. The maximum atomic E-state index is 5.91. The maximum Gasteiger partial charge on any atom is 0.178 e. The number of nitrogens with zero attached hydrogens (tertiary/aromatic N) is 4. The van der Waals surface area contributed by atoms with Crippen LogP contribution in [0.15, 0.2) is 18.3 Å². The first-order valence-electron chi connectivity index (χ1n) is 7.08. The molecule has 0 radical (unpaired) electrons. The minimum absolute atomic E-state index is 0.696. The van der Waals surface area contributed by atoms with E-state index in [9.17, 15) is 0 Å². The van der Waals surface area contributed by atoms with Crippen molar-refractivity contribution in [3.8, 4) is 0 Å². The zero-order chi connectivity index (χ0) is 13.2. The van der Waals surface area contributed by atoms with E-state index in [0.29, 0.717) is 11.6 Å². The summed E-state index contributed by atoms with van der Waals surface area (Å²) in [5, 5.41) is 4.52. The van der Waals surface area contributed by atoms with Crippen LogP contribution in [0, 0.1) is 5.92 Å². The first kappa shape index (κ1) is 12.4. The maximum absolute atomic E-state index is 5.91. The van der Waals surface area contributed by atoms with E-state index < -0.39 is 0 Å². The van der Waals surface area contributed by atoms with Crippen LogP contribution in [0.2, 0.25) is 0 Å². The number of likely N-dealkylation sites (tertiary alicyclic amines) is 1. The normalized spacial score (nSPS) is 18.2. The van der Waals surface area contributed by atoms with Gasteiger partial charge in [-0.3, -0.25) is 0 Å². The summed E-state index contributed by atoms with van der Waals surface area (Å²) in [7, 11) is 0. The molecule has 0 amide bonds. The first-order chi connectivity index (χ1) is 9.26. The zero-order valence-electron chi connectivity index (χ0n) is 11.4. The highest BCUT2D eigenvalue weighted by atomic mass is 15.3. The summed E-state index contributed by atoms with van der Waals surface area (Å²) in [5.41, 5.74) is 7.39. The van der Waals surface area contributed by atoms with E-state index in [2.05, 4.69) is 21.9 Å². The molecule has 19 heavy (non-hydrogen) atoms. The average Bonchev–Trinajstić information content (AvgIpc) is 2.84. The van der Waals surface area contributed by atoms with E-state index >= 15 is 0 Å². The van der Waals surface area contributed by atoms with Gasteiger partial charge >= 0.3 is 0 Å². The Bertz CT molecular complexity index is 554. The van der Waals surface area contributed by atoms with Crippen LogP contribution in [0.1, 0.15) is 25.6 Å². The third-order valence-electron chi connectivity index (χ3n) is 4.06. The molecule has 1 aliphatic heterocycles. The van der Waals surface area contributed by atoms with E-state index in [-0.39, 0.29) is 0 Å². The van der Waals surface area contributed by atoms with Gasteiger partial charge in [-0.2, -0.15) is 5.10 Å². The molecule has 0 saturated carbocycles. The second kappa shape index (κ2) is 5.17. The first-order valence-corrected chi connectivity index (χ1v) is 7.08. The summed E-state index contributed by atoms with van der Waals surface area (Å²) in [6, 6.07) is 3.77. The summed E-state index contributed by atoms with van der Waals surface area (Å²) in [5.74, 6) is 1.63. The lowest BCUT2D eigenvalue weighted by Crippen LogP contribution is -2.34. The molecule has 3 rings (SSSR count). The number of hydrogen-bond acceptors (Lipinski definition) is 4. The fourth-order valence-electron chi connectivity index (χ4n) is 2.82. The molecule has 1 saturated heterocycles. The van der Waals surface area contributed by atoms with Gasteiger partial charge in [0.25, 0.3) is 0 Å². The molecule has 5 heteroatoms. The number of piperidine rings is 1. The molecule has 0 spiro atoms. The second-order valence-corrected chi connectivity index (χ2v) is 5.34. The largest absolute Gasteiger partial charge is 0.396 e. The molecule has 0 bridgehead atoms. The van der Waals surface area contributed by atoms with E-state index in [1.54, 1.807) is 4.52 Å². The smallest absolute Gasteiger partial charge is 0.178 e. The van der Waals surface area contributed by atoms with Gasteiger partial charge in [0.15, 0.2) is 11.5 Å². The summed E-state index contributed by atoms with van der Waals surface area (Å²) in [4.78, 5) is 7.06. The van der Waals surface area contributed by atoms with Gasteiger partial charge in [0.2, 0.25) is 0 Å². The average molecular weight is 259 g/mol. The van der Waals surface area contributed by atoms with Crippen LogP contribution in [0.25, 0.3) is 5.65 Å². The van der Waals surface area contributed by atoms with Crippen LogP contribution in [-0.4, -0.2) is 39.1 Å². The molecule has 5 nitrogen and oxygen atoms in total. The predicted octanol–water partition coefficient (Wildman–Crippen LogP) is 1.59. The van der Waals surface area contributed by atoms with E-state index in [1.807, 2.05) is 18.3 Å². The molecule has 0 unspecified atom stereocenters. The van der Waals surface area contributed by atoms with Gasteiger partial charge in [-0.25, -0.2) is 9.50 Å². The Morgan fingerprint density at radius 3 is 2.84 bits per heavy atom. The molecule has 2 aromatic rings. The monoisotopic (exact) mass is 259 g/mol. The Hall–Kier alpha value is -1.62. The molecular weight excluding hydrogens is 238 g/mol. The molecule has 3 heterocycles. The molecule has 2 N–H and O–H groups in total. The van der Waals surface area contributed by atoms with Crippen molar-refractivity contribution >= 4 is 11.3 Å². The van der Waals surface area contributed by atoms with Crippen molar-refractivity contribution < 1.29 is 0 Å². The molecule has 1 aliphatic rings. The van der Waals surface area contributed by atoms with Crippen molar-refractivity contribution in [2.75, 3.05) is 25.4 Å². The van der Waals surface area contributed by atoms with Gasteiger partial charge in [0.1, 0.15) is 0 Å². The third kappa shape index (κ3) is 2.56. The van der Waals surface area contributed by atoms with Gasteiger partial charge < -0.3 is 10.6 Å². The van der Waals surface area contributed by atoms with Crippen LogP contribution in [0.5, 0.6) is 0 Å². The van der Waals surface area contributed by atoms with Crippen LogP contribution in [0.3, 0.4) is 0 Å². The van der Waals surface area contributed by atoms with Crippen molar-refractivity contribution in [2.24, 2.45) is 5.92 Å². The molecule has 0 aliphatic carbocycles. The fourth-order valence-corrected chi connectivity index (χ4v) is 2.82. The molecule has 1 fully saturated rings. The van der Waals surface area contributed by atoms with Crippen LogP contribution in [0.4, 0.5) is 5.69 Å². The SMILES string of the molecule is CCN1CCC(Cc2nc3c(N)cccn3n2)CC1. The fraction of sp³-hybridized carbons (Fsp3) is 0.571. The van der Waals surface area contributed by atoms with Crippen LogP contribution < -0.4 is 5.73 Å². The Morgan fingerprint density at radius 1 is 1.37 bits per heavy atom. The third-order valence-corrected chi connectivity index (χ3v) is 4.06. The Balaban J connectivity index is 1.70. The molecule has 0 atom stereocenters. The summed E-state index contributed by atoms with van der Waals surface area (Å²) in [6.07, 6.45) is 5.37. The van der Waals surface area contributed by atoms with Crippen LogP contribution >= 0.6 is 0 Å². The van der Waals surface area contributed by atoms with Crippen molar-refractivity contribution in [3.05, 3.63) is 24.2 Å². The summed E-state index contributed by atoms with van der Waals surface area (Å²) < 4.78 is 1.78. The Kier molecular flexibility index (Phi) is 3.38. The van der Waals surface area contributed by atoms with Crippen molar-refractivity contribution in [1.82, 2.24) is 19.5 Å². The lowest BCUT2D eigenvalue weighted by molar-refractivity contribution is 0.191. The minimum atomic E-state index is 0.696. The van der Waals surface area contributed by atoms with E-state index in [4.69, 9.17) is 5.73 Å². The number of rotatable bonds is 3. The van der Waals surface area contributed by atoms with E-state index in [1.165, 1.54) is 25.9 Å².